The molecule has 8 amide bonds. The summed E-state index contributed by atoms with van der Waals surface area (Å²) in [6.45, 7) is 5.95. The number of Topliss-reactive ketones (excluding diaryl/α,β-unsaturated/α-hetero) is 1. The van der Waals surface area contributed by atoms with Gasteiger partial charge in [0.15, 0.2) is 5.78 Å². The van der Waals surface area contributed by atoms with E-state index in [4.69, 9.17) is 4.74 Å². The Balaban J connectivity index is 0.964. The summed E-state index contributed by atoms with van der Waals surface area (Å²) >= 11 is 3.41. The fourth-order valence-corrected chi connectivity index (χ4v) is 14.4. The minimum absolute atomic E-state index is 0.00418. The van der Waals surface area contributed by atoms with Crippen LogP contribution in [0.4, 0.5) is 8.78 Å². The minimum atomic E-state index is -1.55. The van der Waals surface area contributed by atoms with Crippen molar-refractivity contribution in [3.63, 3.8) is 0 Å². The summed E-state index contributed by atoms with van der Waals surface area (Å²) in [7, 11) is 1.53. The number of carbonyl (C=O) groups excluding carboxylic acids is 9. The summed E-state index contributed by atoms with van der Waals surface area (Å²) < 4.78 is 35.3. The quantitative estimate of drug-likeness (QED) is 0.0994. The van der Waals surface area contributed by atoms with E-state index >= 15 is 23.6 Å². The highest BCUT2D eigenvalue weighted by Crippen LogP contribution is 2.32. The van der Waals surface area contributed by atoms with Crippen LogP contribution in [0.15, 0.2) is 97.3 Å². The Bertz CT molecular complexity index is 3760. The van der Waals surface area contributed by atoms with Crippen molar-refractivity contribution in [2.45, 2.75) is 144 Å². The third-order valence-electron chi connectivity index (χ3n) is 18.2. The molecule has 3 saturated heterocycles. The van der Waals surface area contributed by atoms with Crippen LogP contribution in [-0.2, 0) is 73.9 Å². The Hall–Kier alpha value is -8.33. The number of carbonyl (C=O) groups is 9. The lowest BCUT2D eigenvalue weighted by molar-refractivity contribution is -0.145. The lowest BCUT2D eigenvalue weighted by Crippen LogP contribution is -2.61. The number of rotatable bonds is 7. The zero-order valence-electron chi connectivity index (χ0n) is 53.1. The van der Waals surface area contributed by atoms with Gasteiger partial charge in [0.05, 0.1) is 25.2 Å². The number of H-pyrrole nitrogens is 2. The number of nitrogens with zero attached hydrogens (tertiary/aromatic N) is 2. The number of ketones is 1. The molecule has 0 spiro atoms. The van der Waals surface area contributed by atoms with E-state index in [9.17, 15) is 28.4 Å². The zero-order chi connectivity index (χ0) is 66.6. The van der Waals surface area contributed by atoms with Crippen LogP contribution < -0.4 is 47.3 Å². The molecule has 2 aromatic heterocycles. The van der Waals surface area contributed by atoms with Gasteiger partial charge in [0.2, 0.25) is 47.3 Å². The van der Waals surface area contributed by atoms with Crippen molar-refractivity contribution in [2.24, 2.45) is 0 Å². The summed E-state index contributed by atoms with van der Waals surface area (Å²) in [6.07, 6.45) is 3.44. The number of methoxy groups -OCH3 is 1. The predicted octanol–water partition coefficient (Wildman–Crippen LogP) is 4.38. The van der Waals surface area contributed by atoms with Crippen molar-refractivity contribution in [2.75, 3.05) is 51.3 Å². The number of aromatic nitrogens is 2. The average molecular weight is 1330 g/mol. The topological polar surface area (TPSA) is 297 Å². The van der Waals surface area contributed by atoms with E-state index in [0.717, 1.165) is 28.4 Å². The molecule has 5 aliphatic rings. The number of aromatic amines is 2. The van der Waals surface area contributed by atoms with Crippen molar-refractivity contribution >= 4 is 98.4 Å². The number of halogens is 2. The van der Waals surface area contributed by atoms with E-state index in [1.807, 2.05) is 0 Å². The molecule has 26 heteroatoms. The number of amides is 8. The SMILES string of the molecule is COc1ccc(C[C@@H]2NC(=O)[C@@H]3CCCC(=O)N[C@H]4C[C@@H](C(=O)N3)N(C4)C(=O)[C@H](Cc3c[nH]c4ccc(F)cc34)NC(=O)[C@H](Cc3c[nH]c4ccc(F)cc34)NC(=O)[C@@H](C)NC(=O)[C@H](C)NCCSCc3ccc(cc3)CSCCNCC(=O)[C@]3(C)CCCN3C2=O)cc1. The maximum atomic E-state index is 15.6. The van der Waals surface area contributed by atoms with Crippen LogP contribution in [-0.4, -0.2) is 178 Å². The predicted molar refractivity (Wildman–Crippen MR) is 355 cm³/mol. The Labute approximate surface area is 552 Å². The number of hydrogen-bond acceptors (Lipinski definition) is 14. The van der Waals surface area contributed by atoms with Crippen LogP contribution >= 0.6 is 23.5 Å². The molecular weight excluding hydrogens is 1250 g/mol. The number of nitrogens with one attached hydrogen (secondary N) is 10. The van der Waals surface area contributed by atoms with Gasteiger partial charge >= 0.3 is 0 Å². The van der Waals surface area contributed by atoms with E-state index in [1.54, 1.807) is 78.9 Å². The number of fused-ring (bicyclic) bond motifs is 29. The maximum absolute atomic E-state index is 15.6. The molecule has 0 aliphatic carbocycles. The molecule has 9 atom stereocenters. The molecule has 0 unspecified atom stereocenters. The average Bonchev–Trinajstić information content (AvgIpc) is 1.61. The number of benzene rings is 4. The van der Waals surface area contributed by atoms with Crippen molar-refractivity contribution in [3.8, 4) is 5.75 Å². The summed E-state index contributed by atoms with van der Waals surface area (Å²) in [5, 5.41) is 24.4. The number of thioether (sulfide) groups is 2. The summed E-state index contributed by atoms with van der Waals surface area (Å²) in [5.41, 5.74) is 3.61. The first kappa shape index (κ1) is 68.5. The van der Waals surface area contributed by atoms with E-state index in [0.29, 0.717) is 75.9 Å². The monoisotopic (exact) mass is 1330 g/mol. The van der Waals surface area contributed by atoms with Crippen molar-refractivity contribution in [3.05, 3.63) is 137 Å². The molecular formula is C68H82F2N12O10S2. The smallest absolute Gasteiger partial charge is 0.246 e. The molecule has 10 N–H and O–H groups in total. The van der Waals surface area contributed by atoms with Gasteiger partial charge in [0.1, 0.15) is 53.6 Å². The minimum Gasteiger partial charge on any atom is -0.497 e. The van der Waals surface area contributed by atoms with E-state index in [-0.39, 0.29) is 70.4 Å². The fourth-order valence-electron chi connectivity index (χ4n) is 12.8. The zero-order valence-corrected chi connectivity index (χ0v) is 54.8. The molecule has 22 nitrogen and oxygen atoms in total. The van der Waals surface area contributed by atoms with Crippen LogP contribution in [0.1, 0.15) is 87.1 Å². The lowest BCUT2D eigenvalue weighted by atomic mass is 9.91. The second-order valence-electron chi connectivity index (χ2n) is 24.9. The van der Waals surface area contributed by atoms with Gasteiger partial charge in [-0.2, -0.15) is 23.5 Å². The third-order valence-corrected chi connectivity index (χ3v) is 20.2. The Morgan fingerprint density at radius 3 is 1.86 bits per heavy atom. The standard InChI is InChI=1S/C68H82F2N12O10S2/c1-39-61(85)75-40(2)62(86)78-55(28-44-33-73-52-19-15-46(69)30-50(44)52)64(88)80-57(29-45-34-74-53-20-16-47(70)31-51(45)53)66(90)81-36-48-32-58(81)65(89)77-54(7-5-8-60(84)76-48)63(87)79-56(27-41-13-17-49(92-4)18-14-41)67(91)82-24-6-21-68(82,3)59(83)35-71-22-25-93-37-42-9-11-43(12-10-42)38-94-26-23-72-39/h9-20,30-31,33-34,39-40,48,54-58,71-74H,5-8,21-29,32,35-38H2,1-4H3,(H,75,85)(H,76,84)(H,77,89)(H,78,86)(H,79,87)(H,80,88)/t39-,40+,48-,54-,55-,56-,57-,58-,68-/m0/s1. The van der Waals surface area contributed by atoms with E-state index < -0.39 is 113 Å². The summed E-state index contributed by atoms with van der Waals surface area (Å²) in [5.74, 6) is -3.21. The van der Waals surface area contributed by atoms with Gasteiger partial charge in [-0.15, -0.1) is 0 Å². The second kappa shape index (κ2) is 31.3. The van der Waals surface area contributed by atoms with Crippen LogP contribution in [0.2, 0.25) is 0 Å². The van der Waals surface area contributed by atoms with E-state index in [2.05, 4.69) is 76.8 Å². The molecule has 500 valence electrons. The first-order chi connectivity index (χ1) is 45.2. The largest absolute Gasteiger partial charge is 0.497 e. The van der Waals surface area contributed by atoms with Crippen LogP contribution in [0.5, 0.6) is 5.75 Å². The first-order valence-electron chi connectivity index (χ1n) is 32.0. The highest BCUT2D eigenvalue weighted by Gasteiger charge is 2.48. The van der Waals surface area contributed by atoms with Gasteiger partial charge in [-0.25, -0.2) is 8.78 Å². The van der Waals surface area contributed by atoms with Crippen molar-refractivity contribution in [1.29, 1.82) is 0 Å². The normalized spacial score (nSPS) is 26.0. The molecule has 6 aromatic rings. The molecule has 5 bridgehead atoms. The first-order valence-corrected chi connectivity index (χ1v) is 34.3. The van der Waals surface area contributed by atoms with Gasteiger partial charge < -0.3 is 67.0 Å². The molecule has 94 heavy (non-hydrogen) atoms. The Morgan fingerprint density at radius 1 is 0.617 bits per heavy atom. The molecule has 0 saturated carbocycles. The molecule has 7 heterocycles. The van der Waals surface area contributed by atoms with Crippen molar-refractivity contribution in [1.82, 2.24) is 62.3 Å². The lowest BCUT2D eigenvalue weighted by Gasteiger charge is -2.37. The van der Waals surface area contributed by atoms with Gasteiger partial charge in [-0.3, -0.25) is 43.2 Å². The highest BCUT2D eigenvalue weighted by molar-refractivity contribution is 7.98. The van der Waals surface area contributed by atoms with Gasteiger partial charge in [0, 0.05) is 115 Å². The Kier molecular flexibility index (Phi) is 22.8. The molecule has 0 radical (unpaired) electrons. The number of hydrogen-bond donors (Lipinski definition) is 10. The fraction of sp³-hybridized carbons (Fsp3) is 0.456. The maximum Gasteiger partial charge on any atom is 0.246 e. The third kappa shape index (κ3) is 17.0. The van der Waals surface area contributed by atoms with Crippen LogP contribution in [0.25, 0.3) is 21.8 Å². The number of ether oxygens (including phenoxy) is 1. The Morgan fingerprint density at radius 2 is 1.21 bits per heavy atom. The van der Waals surface area contributed by atoms with Crippen molar-refractivity contribution < 1.29 is 56.7 Å². The highest BCUT2D eigenvalue weighted by atomic mass is 32.2. The van der Waals surface area contributed by atoms with Crippen LogP contribution in [0.3, 0.4) is 0 Å². The second-order valence-corrected chi connectivity index (χ2v) is 27.1. The summed E-state index contributed by atoms with van der Waals surface area (Å²) in [4.78, 5) is 141. The molecule has 5 aliphatic heterocycles. The van der Waals surface area contributed by atoms with Crippen LogP contribution in [0, 0.1) is 11.6 Å². The van der Waals surface area contributed by atoms with Gasteiger partial charge in [-0.05, 0) is 129 Å². The molecule has 11 rings (SSSR count). The summed E-state index contributed by atoms with van der Waals surface area (Å²) in [6, 6.07) is 13.8. The molecule has 4 aromatic carbocycles. The van der Waals surface area contributed by atoms with Gasteiger partial charge in [-0.1, -0.05) is 36.4 Å². The van der Waals surface area contributed by atoms with Gasteiger partial charge in [0.25, 0.3) is 0 Å². The van der Waals surface area contributed by atoms with E-state index in [1.165, 1.54) is 55.3 Å². The molecule has 3 fully saturated rings.